The van der Waals surface area contributed by atoms with Crippen molar-refractivity contribution in [3.05, 3.63) is 24.0 Å². The molecule has 2 N–H and O–H groups in total. The Labute approximate surface area is 79.7 Å². The smallest absolute Gasteiger partial charge is 0.0178 e. The minimum Gasteiger partial charge on any atom is -0.365 e. The van der Waals surface area contributed by atoms with Crippen LogP contribution in [-0.4, -0.2) is 18.1 Å². The zero-order valence-corrected chi connectivity index (χ0v) is 8.22. The number of aromatic nitrogens is 1. The minimum absolute atomic E-state index is 0.756. The second-order valence-corrected chi connectivity index (χ2v) is 3.96. The first-order chi connectivity index (χ1) is 6.40. The molecule has 0 saturated heterocycles. The molecule has 1 heterocycles. The third-order valence-electron chi connectivity index (χ3n) is 3.20. The zero-order chi connectivity index (χ0) is 9.10. The van der Waals surface area contributed by atoms with Gasteiger partial charge in [-0.3, -0.25) is 0 Å². The molecular formula is C11H18N2. The number of hydrogen-bond acceptors (Lipinski definition) is 1. The van der Waals surface area contributed by atoms with Gasteiger partial charge in [0.2, 0.25) is 0 Å². The van der Waals surface area contributed by atoms with E-state index in [4.69, 9.17) is 0 Å². The van der Waals surface area contributed by atoms with Crippen LogP contribution in [0.5, 0.6) is 0 Å². The van der Waals surface area contributed by atoms with E-state index in [0.717, 1.165) is 12.0 Å². The minimum atomic E-state index is 0.756. The summed E-state index contributed by atoms with van der Waals surface area (Å²) in [6, 6.07) is 5.07. The summed E-state index contributed by atoms with van der Waals surface area (Å²) in [7, 11) is 2.07. The molecule has 0 aromatic carbocycles. The van der Waals surface area contributed by atoms with E-state index in [1.807, 2.05) is 6.20 Å². The Morgan fingerprint density at radius 2 is 2.08 bits per heavy atom. The molecule has 1 aliphatic rings. The predicted molar refractivity (Wildman–Crippen MR) is 54.8 cm³/mol. The van der Waals surface area contributed by atoms with Gasteiger partial charge in [-0.25, -0.2) is 0 Å². The standard InChI is InChI=1S/C11H18N2/c1-12-10-6-4-9(5-7-10)11-3-2-8-13-11/h2-3,8-10,12-13H,4-7H2,1H3. The van der Waals surface area contributed by atoms with Crippen LogP contribution in [0.2, 0.25) is 0 Å². The number of H-pyrrole nitrogens is 1. The second kappa shape index (κ2) is 3.97. The largest absolute Gasteiger partial charge is 0.365 e. The topological polar surface area (TPSA) is 27.8 Å². The van der Waals surface area contributed by atoms with Crippen molar-refractivity contribution in [1.29, 1.82) is 0 Å². The average Bonchev–Trinajstić information content (AvgIpc) is 2.71. The van der Waals surface area contributed by atoms with E-state index in [-0.39, 0.29) is 0 Å². The highest BCUT2D eigenvalue weighted by atomic mass is 14.9. The van der Waals surface area contributed by atoms with Crippen LogP contribution >= 0.6 is 0 Å². The predicted octanol–water partition coefficient (Wildman–Crippen LogP) is 2.26. The zero-order valence-electron chi connectivity index (χ0n) is 8.22. The highest BCUT2D eigenvalue weighted by molar-refractivity contribution is 5.10. The molecule has 72 valence electrons. The maximum absolute atomic E-state index is 3.36. The molecule has 13 heavy (non-hydrogen) atoms. The normalized spacial score (nSPS) is 29.0. The Hall–Kier alpha value is -0.760. The van der Waals surface area contributed by atoms with Gasteiger partial charge in [-0.2, -0.15) is 0 Å². The summed E-state index contributed by atoms with van der Waals surface area (Å²) in [6.07, 6.45) is 7.32. The van der Waals surface area contributed by atoms with Gasteiger partial charge in [-0.15, -0.1) is 0 Å². The Bertz CT molecular complexity index is 233. The van der Waals surface area contributed by atoms with E-state index in [0.29, 0.717) is 0 Å². The Morgan fingerprint density at radius 3 is 2.62 bits per heavy atom. The van der Waals surface area contributed by atoms with Gasteiger partial charge in [-0.05, 0) is 50.8 Å². The van der Waals surface area contributed by atoms with E-state index in [9.17, 15) is 0 Å². The van der Waals surface area contributed by atoms with Crippen LogP contribution in [0.3, 0.4) is 0 Å². The first kappa shape index (κ1) is 8.82. The van der Waals surface area contributed by atoms with Crippen molar-refractivity contribution < 1.29 is 0 Å². The molecule has 0 aliphatic heterocycles. The highest BCUT2D eigenvalue weighted by Crippen LogP contribution is 2.31. The van der Waals surface area contributed by atoms with Crippen molar-refractivity contribution in [3.63, 3.8) is 0 Å². The van der Waals surface area contributed by atoms with E-state index in [1.165, 1.54) is 31.4 Å². The van der Waals surface area contributed by atoms with E-state index in [2.05, 4.69) is 29.5 Å². The number of aromatic amines is 1. The lowest BCUT2D eigenvalue weighted by atomic mass is 9.84. The maximum Gasteiger partial charge on any atom is 0.0178 e. The Balaban J connectivity index is 1.92. The summed E-state index contributed by atoms with van der Waals surface area (Å²) in [5.41, 5.74) is 1.43. The lowest BCUT2D eigenvalue weighted by molar-refractivity contribution is 0.355. The molecule has 1 aromatic heterocycles. The van der Waals surface area contributed by atoms with E-state index >= 15 is 0 Å². The molecule has 0 spiro atoms. The average molecular weight is 178 g/mol. The van der Waals surface area contributed by atoms with Crippen molar-refractivity contribution in [3.8, 4) is 0 Å². The van der Waals surface area contributed by atoms with E-state index in [1.54, 1.807) is 0 Å². The molecule has 0 atom stereocenters. The summed E-state index contributed by atoms with van der Waals surface area (Å²) in [4.78, 5) is 3.32. The molecule has 1 aromatic rings. The Morgan fingerprint density at radius 1 is 1.31 bits per heavy atom. The lowest BCUT2D eigenvalue weighted by Crippen LogP contribution is -2.29. The molecular weight excluding hydrogens is 160 g/mol. The van der Waals surface area contributed by atoms with Crippen LogP contribution in [0.4, 0.5) is 0 Å². The van der Waals surface area contributed by atoms with E-state index < -0.39 is 0 Å². The van der Waals surface area contributed by atoms with Crippen molar-refractivity contribution >= 4 is 0 Å². The number of nitrogens with one attached hydrogen (secondary N) is 2. The van der Waals surface area contributed by atoms with Gasteiger partial charge in [0.15, 0.2) is 0 Å². The van der Waals surface area contributed by atoms with Crippen LogP contribution < -0.4 is 5.32 Å². The van der Waals surface area contributed by atoms with Gasteiger partial charge in [0.25, 0.3) is 0 Å². The fraction of sp³-hybridized carbons (Fsp3) is 0.636. The van der Waals surface area contributed by atoms with Gasteiger partial charge in [0, 0.05) is 17.9 Å². The summed E-state index contributed by atoms with van der Waals surface area (Å²) in [5.74, 6) is 0.777. The molecule has 2 rings (SSSR count). The van der Waals surface area contributed by atoms with Crippen molar-refractivity contribution in [2.45, 2.75) is 37.6 Å². The van der Waals surface area contributed by atoms with Crippen molar-refractivity contribution in [2.24, 2.45) is 0 Å². The first-order valence-electron chi connectivity index (χ1n) is 5.20. The van der Waals surface area contributed by atoms with Crippen LogP contribution in [0, 0.1) is 0 Å². The highest BCUT2D eigenvalue weighted by Gasteiger charge is 2.21. The second-order valence-electron chi connectivity index (χ2n) is 3.96. The summed E-state index contributed by atoms with van der Waals surface area (Å²) >= 11 is 0. The molecule has 2 heteroatoms. The molecule has 1 aliphatic carbocycles. The van der Waals surface area contributed by atoms with Gasteiger partial charge in [0.05, 0.1) is 0 Å². The number of hydrogen-bond donors (Lipinski definition) is 2. The third-order valence-corrected chi connectivity index (χ3v) is 3.20. The van der Waals surface area contributed by atoms with Gasteiger partial charge < -0.3 is 10.3 Å². The maximum atomic E-state index is 3.36. The molecule has 0 bridgehead atoms. The van der Waals surface area contributed by atoms with Crippen LogP contribution in [0.1, 0.15) is 37.3 Å². The lowest BCUT2D eigenvalue weighted by Gasteiger charge is -2.27. The van der Waals surface area contributed by atoms with Crippen molar-refractivity contribution in [2.75, 3.05) is 7.05 Å². The molecule has 1 saturated carbocycles. The summed E-state index contributed by atoms with van der Waals surface area (Å²) in [6.45, 7) is 0. The molecule has 0 amide bonds. The molecule has 2 nitrogen and oxygen atoms in total. The van der Waals surface area contributed by atoms with Crippen LogP contribution in [0.25, 0.3) is 0 Å². The van der Waals surface area contributed by atoms with Crippen LogP contribution in [0.15, 0.2) is 18.3 Å². The Kier molecular flexibility index (Phi) is 2.69. The van der Waals surface area contributed by atoms with Gasteiger partial charge in [-0.1, -0.05) is 0 Å². The molecule has 0 radical (unpaired) electrons. The fourth-order valence-electron chi connectivity index (χ4n) is 2.29. The summed E-state index contributed by atoms with van der Waals surface area (Å²) < 4.78 is 0. The molecule has 1 fully saturated rings. The van der Waals surface area contributed by atoms with Crippen molar-refractivity contribution in [1.82, 2.24) is 10.3 Å². The first-order valence-corrected chi connectivity index (χ1v) is 5.20. The van der Waals surface area contributed by atoms with Gasteiger partial charge in [0.1, 0.15) is 0 Å². The monoisotopic (exact) mass is 178 g/mol. The van der Waals surface area contributed by atoms with Crippen LogP contribution in [-0.2, 0) is 0 Å². The quantitative estimate of drug-likeness (QED) is 0.714. The molecule has 0 unspecified atom stereocenters. The summed E-state index contributed by atoms with van der Waals surface area (Å²) in [5, 5.41) is 3.36. The van der Waals surface area contributed by atoms with Gasteiger partial charge >= 0.3 is 0 Å². The fourth-order valence-corrected chi connectivity index (χ4v) is 2.29. The third kappa shape index (κ3) is 1.94. The number of rotatable bonds is 2. The SMILES string of the molecule is CNC1CCC(c2ccc[nH]2)CC1.